The lowest BCUT2D eigenvalue weighted by atomic mass is 10.2. The first-order valence-corrected chi connectivity index (χ1v) is 9.97. The molecule has 146 valence electrons. The number of para-hydroxylation sites is 1. The number of nitrogens with zero attached hydrogens (tertiary/aromatic N) is 1. The molecule has 0 bridgehead atoms. The van der Waals surface area contributed by atoms with E-state index in [9.17, 15) is 4.79 Å². The highest BCUT2D eigenvalue weighted by Gasteiger charge is 2.27. The van der Waals surface area contributed by atoms with Gasteiger partial charge in [-0.1, -0.05) is 36.7 Å². The van der Waals surface area contributed by atoms with Crippen molar-refractivity contribution in [2.45, 2.75) is 39.5 Å². The van der Waals surface area contributed by atoms with Crippen LogP contribution in [0.2, 0.25) is 5.02 Å². The van der Waals surface area contributed by atoms with E-state index in [2.05, 4.69) is 12.2 Å². The van der Waals surface area contributed by atoms with Crippen LogP contribution in [0, 0.1) is 0 Å². The summed E-state index contributed by atoms with van der Waals surface area (Å²) in [5.74, 6) is 1.43. The zero-order chi connectivity index (χ0) is 19.7. The monoisotopic (exact) mass is 398 g/mol. The van der Waals surface area contributed by atoms with Crippen molar-refractivity contribution in [3.05, 3.63) is 58.7 Å². The molecule has 1 aromatic heterocycles. The number of amides is 1. The van der Waals surface area contributed by atoms with Crippen LogP contribution in [0.15, 0.2) is 42.5 Å². The molecule has 1 amide bonds. The van der Waals surface area contributed by atoms with E-state index in [1.807, 2.05) is 54.0 Å². The van der Waals surface area contributed by atoms with Gasteiger partial charge >= 0.3 is 0 Å². The summed E-state index contributed by atoms with van der Waals surface area (Å²) in [7, 11) is 0. The second-order valence-corrected chi connectivity index (χ2v) is 7.23. The van der Waals surface area contributed by atoms with Gasteiger partial charge in [0.25, 0.3) is 5.91 Å². The molecule has 1 N–H and O–H groups in total. The van der Waals surface area contributed by atoms with Gasteiger partial charge in [-0.25, -0.2) is 0 Å². The van der Waals surface area contributed by atoms with Crippen LogP contribution in [0.3, 0.4) is 0 Å². The van der Waals surface area contributed by atoms with Crippen LogP contribution in [0.1, 0.15) is 36.3 Å². The van der Waals surface area contributed by atoms with Gasteiger partial charge in [-0.3, -0.25) is 4.79 Å². The number of carbonyl (C=O) groups excluding carboxylic acids is 1. The number of carbonyl (C=O) groups is 1. The SMILES string of the molecule is CCOc1ccccc1CNC(=O)c1cc2c(Cl)ccc3c2n1C[C@@H](CC)O3. The Bertz CT molecular complexity index is 1030. The lowest BCUT2D eigenvalue weighted by Gasteiger charge is -2.26. The Hall–Kier alpha value is -2.66. The minimum atomic E-state index is -0.138. The van der Waals surface area contributed by atoms with E-state index in [0.29, 0.717) is 30.4 Å². The van der Waals surface area contributed by atoms with Crippen molar-refractivity contribution in [2.24, 2.45) is 0 Å². The Morgan fingerprint density at radius 2 is 2.11 bits per heavy atom. The summed E-state index contributed by atoms with van der Waals surface area (Å²) in [4.78, 5) is 13.0. The topological polar surface area (TPSA) is 52.5 Å². The molecule has 0 radical (unpaired) electrons. The van der Waals surface area contributed by atoms with Gasteiger partial charge in [-0.05, 0) is 37.6 Å². The fourth-order valence-corrected chi connectivity index (χ4v) is 3.84. The molecule has 4 rings (SSSR count). The summed E-state index contributed by atoms with van der Waals surface area (Å²) in [5.41, 5.74) is 2.43. The predicted molar refractivity (Wildman–Crippen MR) is 110 cm³/mol. The number of aromatic nitrogens is 1. The van der Waals surface area contributed by atoms with Crippen LogP contribution in [0.5, 0.6) is 11.5 Å². The fourth-order valence-electron chi connectivity index (χ4n) is 3.63. The molecule has 1 aliphatic rings. The van der Waals surface area contributed by atoms with Crippen molar-refractivity contribution < 1.29 is 14.3 Å². The first kappa shape index (κ1) is 18.7. The van der Waals surface area contributed by atoms with Crippen LogP contribution >= 0.6 is 11.6 Å². The Labute approximate surface area is 169 Å². The smallest absolute Gasteiger partial charge is 0.268 e. The standard InChI is InChI=1S/C22H23ClN2O3/c1-3-15-13-25-18(11-16-17(23)9-10-20(28-15)21(16)25)22(26)24-12-14-7-5-6-8-19(14)27-4-2/h5-11,15H,3-4,12-13H2,1-2H3,(H,24,26)/t15-/m1/s1. The number of nitrogens with one attached hydrogen (secondary N) is 1. The van der Waals surface area contributed by atoms with Gasteiger partial charge in [-0.2, -0.15) is 0 Å². The van der Waals surface area contributed by atoms with E-state index < -0.39 is 0 Å². The molecule has 0 spiro atoms. The Kier molecular flexibility index (Phi) is 5.18. The zero-order valence-corrected chi connectivity index (χ0v) is 16.8. The first-order chi connectivity index (χ1) is 13.6. The number of benzene rings is 2. The molecular weight excluding hydrogens is 376 g/mol. The Morgan fingerprint density at radius 3 is 2.89 bits per heavy atom. The number of hydrogen-bond acceptors (Lipinski definition) is 3. The number of ether oxygens (including phenoxy) is 2. The van der Waals surface area contributed by atoms with Crippen LogP contribution in [-0.4, -0.2) is 23.2 Å². The van der Waals surface area contributed by atoms with Gasteiger partial charge in [0.15, 0.2) is 0 Å². The number of halogens is 1. The van der Waals surface area contributed by atoms with Gasteiger partial charge < -0.3 is 19.4 Å². The Balaban J connectivity index is 1.64. The van der Waals surface area contributed by atoms with Gasteiger partial charge in [0, 0.05) is 17.5 Å². The molecular formula is C22H23ClN2O3. The third-order valence-corrected chi connectivity index (χ3v) is 5.38. The van der Waals surface area contributed by atoms with Crippen molar-refractivity contribution >= 4 is 28.4 Å². The quantitative estimate of drug-likeness (QED) is 0.649. The van der Waals surface area contributed by atoms with E-state index in [1.165, 1.54) is 0 Å². The molecule has 0 saturated heterocycles. The van der Waals surface area contributed by atoms with Crippen molar-refractivity contribution in [1.82, 2.24) is 9.88 Å². The van der Waals surface area contributed by atoms with E-state index >= 15 is 0 Å². The maximum Gasteiger partial charge on any atom is 0.268 e. The number of hydrogen-bond donors (Lipinski definition) is 1. The second kappa shape index (κ2) is 7.76. The van der Waals surface area contributed by atoms with Crippen molar-refractivity contribution in [2.75, 3.05) is 6.61 Å². The van der Waals surface area contributed by atoms with Gasteiger partial charge in [0.2, 0.25) is 0 Å². The van der Waals surface area contributed by atoms with E-state index in [-0.39, 0.29) is 12.0 Å². The fraction of sp³-hybridized carbons (Fsp3) is 0.318. The first-order valence-electron chi connectivity index (χ1n) is 9.59. The van der Waals surface area contributed by atoms with Crippen LogP contribution < -0.4 is 14.8 Å². The molecule has 1 atom stereocenters. The maximum atomic E-state index is 13.0. The number of rotatable bonds is 6. The summed E-state index contributed by atoms with van der Waals surface area (Å²) in [6.45, 7) is 5.63. The van der Waals surface area contributed by atoms with Crippen molar-refractivity contribution in [1.29, 1.82) is 0 Å². The van der Waals surface area contributed by atoms with Gasteiger partial charge in [-0.15, -0.1) is 0 Å². The van der Waals surface area contributed by atoms with Gasteiger partial charge in [0.05, 0.1) is 23.7 Å². The third-order valence-electron chi connectivity index (χ3n) is 5.05. The normalized spacial score (nSPS) is 15.3. The zero-order valence-electron chi connectivity index (χ0n) is 16.0. The summed E-state index contributed by atoms with van der Waals surface area (Å²) < 4.78 is 13.7. The summed E-state index contributed by atoms with van der Waals surface area (Å²) >= 11 is 6.38. The molecule has 5 nitrogen and oxygen atoms in total. The second-order valence-electron chi connectivity index (χ2n) is 6.82. The average Bonchev–Trinajstić information content (AvgIpc) is 3.11. The molecule has 0 unspecified atom stereocenters. The molecule has 6 heteroatoms. The van der Waals surface area contributed by atoms with Crippen LogP contribution in [0.25, 0.3) is 10.9 Å². The minimum absolute atomic E-state index is 0.0366. The Morgan fingerprint density at radius 1 is 1.29 bits per heavy atom. The molecule has 0 aliphatic carbocycles. The van der Waals surface area contributed by atoms with Crippen molar-refractivity contribution in [3.63, 3.8) is 0 Å². The lowest BCUT2D eigenvalue weighted by Crippen LogP contribution is -2.31. The summed E-state index contributed by atoms with van der Waals surface area (Å²) in [5, 5.41) is 4.48. The summed E-state index contributed by atoms with van der Waals surface area (Å²) in [6.07, 6.45) is 0.902. The van der Waals surface area contributed by atoms with E-state index in [0.717, 1.165) is 34.4 Å². The molecule has 0 saturated carbocycles. The highest BCUT2D eigenvalue weighted by atomic mass is 35.5. The third kappa shape index (κ3) is 3.31. The minimum Gasteiger partial charge on any atom is -0.494 e. The average molecular weight is 399 g/mol. The van der Waals surface area contributed by atoms with Crippen LogP contribution in [0.4, 0.5) is 0 Å². The van der Waals surface area contributed by atoms with Gasteiger partial charge in [0.1, 0.15) is 23.3 Å². The molecule has 2 aromatic carbocycles. The highest BCUT2D eigenvalue weighted by Crippen LogP contribution is 2.38. The van der Waals surface area contributed by atoms with E-state index in [4.69, 9.17) is 21.1 Å². The van der Waals surface area contributed by atoms with E-state index in [1.54, 1.807) is 0 Å². The molecule has 2 heterocycles. The molecule has 28 heavy (non-hydrogen) atoms. The van der Waals surface area contributed by atoms with Crippen molar-refractivity contribution in [3.8, 4) is 11.5 Å². The van der Waals surface area contributed by atoms with Crippen LogP contribution in [-0.2, 0) is 13.1 Å². The maximum absolute atomic E-state index is 13.0. The lowest BCUT2D eigenvalue weighted by molar-refractivity contribution is 0.0935. The summed E-state index contributed by atoms with van der Waals surface area (Å²) in [6, 6.07) is 13.3. The molecule has 1 aliphatic heterocycles. The predicted octanol–water partition coefficient (Wildman–Crippen LogP) is 4.79. The largest absolute Gasteiger partial charge is 0.494 e. The highest BCUT2D eigenvalue weighted by molar-refractivity contribution is 6.36. The molecule has 3 aromatic rings. The molecule has 0 fully saturated rings.